The summed E-state index contributed by atoms with van der Waals surface area (Å²) >= 11 is 0. The first-order valence-electron chi connectivity index (χ1n) is 12.1. The Labute approximate surface area is 229 Å². The number of hydrogen-bond acceptors (Lipinski definition) is 12. The van der Waals surface area contributed by atoms with E-state index in [1.807, 2.05) is 6.07 Å². The number of aliphatic hydroxyl groups excluding tert-OH is 1. The van der Waals surface area contributed by atoms with Crippen LogP contribution in [0.25, 0.3) is 17.3 Å². The van der Waals surface area contributed by atoms with Crippen LogP contribution < -0.4 is 19.1 Å². The van der Waals surface area contributed by atoms with Crippen molar-refractivity contribution in [3.05, 3.63) is 54.2 Å². The molecular weight excluding hydrogens is 540 g/mol. The van der Waals surface area contributed by atoms with Gasteiger partial charge in [-0.05, 0) is 37.6 Å². The van der Waals surface area contributed by atoms with Crippen molar-refractivity contribution in [2.75, 3.05) is 36.9 Å². The second-order valence-corrected chi connectivity index (χ2v) is 11.0. The van der Waals surface area contributed by atoms with Crippen LogP contribution in [0, 0.1) is 18.3 Å². The van der Waals surface area contributed by atoms with E-state index >= 15 is 0 Å². The molecule has 0 aliphatic carbocycles. The Bertz CT molecular complexity index is 1660. The Kier molecular flexibility index (Phi) is 7.28. The average molecular weight is 567 g/mol. The third-order valence-corrected chi connectivity index (χ3v) is 8.06. The normalized spacial score (nSPS) is 17.3. The summed E-state index contributed by atoms with van der Waals surface area (Å²) < 4.78 is 48.4. The number of nitrogens with one attached hydrogen (secondary N) is 1. The third-order valence-electron chi connectivity index (χ3n) is 6.37. The molecule has 1 aliphatic heterocycles. The number of benzene rings is 1. The molecule has 1 aliphatic rings. The molecule has 0 spiro atoms. The maximum atomic E-state index is 13.7. The van der Waals surface area contributed by atoms with Gasteiger partial charge in [0.2, 0.25) is 21.8 Å². The molecule has 15 heteroatoms. The average Bonchev–Trinajstić information content (AvgIpc) is 3.57. The standard InChI is InChI=1S/C25H26N8O6S/c1-15-7-8-21(39-15)24-29-30-25(33(24)23-19(37-2)5-4-6-20(23)38-3)31-40(35,36)18-9-17(34)13-32(14-18)22-12-27-11-16(10-26)28-22/h4-8,11-12,17-18,34H,9,13-14H2,1-3H3,(H,30,31)/t17-,18+/m0/s1. The zero-order chi connectivity index (χ0) is 28.4. The summed E-state index contributed by atoms with van der Waals surface area (Å²) in [5.41, 5.74) is 0.433. The largest absolute Gasteiger partial charge is 0.494 e. The molecule has 4 heterocycles. The fourth-order valence-corrected chi connectivity index (χ4v) is 5.95. The van der Waals surface area contributed by atoms with Gasteiger partial charge in [-0.2, -0.15) is 5.26 Å². The fraction of sp³-hybridized carbons (Fsp3) is 0.320. The number of para-hydroxylation sites is 1. The molecule has 0 bridgehead atoms. The van der Waals surface area contributed by atoms with Crippen LogP contribution in [-0.2, 0) is 10.0 Å². The van der Waals surface area contributed by atoms with Gasteiger partial charge in [0.15, 0.2) is 11.5 Å². The molecule has 5 rings (SSSR count). The Morgan fingerprint density at radius 2 is 1.88 bits per heavy atom. The summed E-state index contributed by atoms with van der Waals surface area (Å²) in [7, 11) is -1.20. The van der Waals surface area contributed by atoms with Gasteiger partial charge < -0.3 is 23.9 Å². The van der Waals surface area contributed by atoms with Crippen LogP contribution in [0.2, 0.25) is 0 Å². The van der Waals surface area contributed by atoms with Gasteiger partial charge in [0.1, 0.15) is 40.1 Å². The van der Waals surface area contributed by atoms with E-state index in [0.29, 0.717) is 28.7 Å². The molecular formula is C25H26N8O6S. The van der Waals surface area contributed by atoms with E-state index in [9.17, 15) is 18.8 Å². The lowest BCUT2D eigenvalue weighted by atomic mass is 10.1. The number of rotatable bonds is 8. The number of ether oxygens (including phenoxy) is 2. The van der Waals surface area contributed by atoms with Crippen molar-refractivity contribution < 1.29 is 27.4 Å². The number of aromatic nitrogens is 5. The summed E-state index contributed by atoms with van der Waals surface area (Å²) in [4.78, 5) is 9.77. The van der Waals surface area contributed by atoms with Gasteiger partial charge in [-0.1, -0.05) is 6.07 Å². The monoisotopic (exact) mass is 566 g/mol. The molecule has 0 radical (unpaired) electrons. The minimum atomic E-state index is -4.16. The summed E-state index contributed by atoms with van der Waals surface area (Å²) in [5.74, 6) is 2.08. The van der Waals surface area contributed by atoms with Crippen molar-refractivity contribution in [1.82, 2.24) is 24.7 Å². The molecule has 0 amide bonds. The Morgan fingerprint density at radius 1 is 1.12 bits per heavy atom. The first-order valence-corrected chi connectivity index (χ1v) is 13.7. The molecule has 0 saturated carbocycles. The van der Waals surface area contributed by atoms with Crippen LogP contribution in [0.4, 0.5) is 11.8 Å². The van der Waals surface area contributed by atoms with E-state index in [0.717, 1.165) is 0 Å². The van der Waals surface area contributed by atoms with Crippen LogP contribution in [-0.4, -0.2) is 76.9 Å². The minimum Gasteiger partial charge on any atom is -0.494 e. The Balaban J connectivity index is 1.55. The summed E-state index contributed by atoms with van der Waals surface area (Å²) in [6, 6.07) is 10.5. The molecule has 2 N–H and O–H groups in total. The third kappa shape index (κ3) is 5.14. The zero-order valence-electron chi connectivity index (χ0n) is 21.8. The number of aryl methyl sites for hydroxylation is 1. The van der Waals surface area contributed by atoms with Gasteiger partial charge in [0.25, 0.3) is 0 Å². The van der Waals surface area contributed by atoms with Gasteiger partial charge in [-0.15, -0.1) is 10.2 Å². The van der Waals surface area contributed by atoms with Gasteiger partial charge in [-0.3, -0.25) is 14.3 Å². The quantitative estimate of drug-likeness (QED) is 0.316. The van der Waals surface area contributed by atoms with E-state index in [-0.39, 0.29) is 42.8 Å². The predicted octanol–water partition coefficient (Wildman–Crippen LogP) is 1.90. The molecule has 14 nitrogen and oxygen atoms in total. The van der Waals surface area contributed by atoms with E-state index in [1.165, 1.54) is 31.2 Å². The van der Waals surface area contributed by atoms with Crippen LogP contribution in [0.5, 0.6) is 11.5 Å². The highest BCUT2D eigenvalue weighted by Gasteiger charge is 2.37. The van der Waals surface area contributed by atoms with Crippen LogP contribution >= 0.6 is 0 Å². The van der Waals surface area contributed by atoms with Crippen molar-refractivity contribution in [2.24, 2.45) is 0 Å². The number of methoxy groups -OCH3 is 2. The second-order valence-electron chi connectivity index (χ2n) is 9.04. The SMILES string of the molecule is COc1cccc(OC)c1-n1c(NS(=O)(=O)[C@@H]2C[C@H](O)CN(c3cncc(C#N)n3)C2)nnc1-c1ccc(C)o1. The number of furan rings is 1. The molecule has 2 atom stereocenters. The second kappa shape index (κ2) is 10.8. The summed E-state index contributed by atoms with van der Waals surface area (Å²) in [6.45, 7) is 1.90. The minimum absolute atomic E-state index is 0.00763. The van der Waals surface area contributed by atoms with Gasteiger partial charge in [0.05, 0.1) is 32.7 Å². The number of β-amino-alcohol motifs (C(OH)–C–C–N with tert-alkyl or cyclic N) is 1. The van der Waals surface area contributed by atoms with E-state index in [2.05, 4.69) is 24.9 Å². The fourth-order valence-electron chi connectivity index (χ4n) is 4.54. The summed E-state index contributed by atoms with van der Waals surface area (Å²) in [5, 5.41) is 27.0. The first-order chi connectivity index (χ1) is 19.2. The highest BCUT2D eigenvalue weighted by Crippen LogP contribution is 2.38. The lowest BCUT2D eigenvalue weighted by Crippen LogP contribution is -2.50. The number of piperidine rings is 1. The number of sulfonamides is 1. The van der Waals surface area contributed by atoms with E-state index < -0.39 is 21.4 Å². The van der Waals surface area contributed by atoms with Crippen molar-refractivity contribution in [3.63, 3.8) is 0 Å². The number of aliphatic hydroxyl groups is 1. The van der Waals surface area contributed by atoms with Gasteiger partial charge in [-0.25, -0.2) is 13.4 Å². The van der Waals surface area contributed by atoms with E-state index in [1.54, 1.807) is 42.2 Å². The van der Waals surface area contributed by atoms with Gasteiger partial charge in [0, 0.05) is 13.1 Å². The van der Waals surface area contributed by atoms with Crippen molar-refractivity contribution >= 4 is 21.8 Å². The van der Waals surface area contributed by atoms with Crippen LogP contribution in [0.1, 0.15) is 17.9 Å². The highest BCUT2D eigenvalue weighted by molar-refractivity contribution is 7.93. The maximum absolute atomic E-state index is 13.7. The predicted molar refractivity (Wildman–Crippen MR) is 143 cm³/mol. The molecule has 4 aromatic rings. The van der Waals surface area contributed by atoms with Crippen LogP contribution in [0.15, 0.2) is 47.1 Å². The number of nitrogens with zero attached hydrogens (tertiary/aromatic N) is 7. The molecule has 3 aromatic heterocycles. The smallest absolute Gasteiger partial charge is 0.243 e. The lowest BCUT2D eigenvalue weighted by Gasteiger charge is -2.35. The lowest BCUT2D eigenvalue weighted by molar-refractivity contribution is 0.155. The van der Waals surface area contributed by atoms with Crippen molar-refractivity contribution in [3.8, 4) is 34.8 Å². The topological polar surface area (TPSA) is 182 Å². The Hall–Kier alpha value is -4.68. The number of anilines is 2. The molecule has 40 heavy (non-hydrogen) atoms. The van der Waals surface area contributed by atoms with Crippen molar-refractivity contribution in [1.29, 1.82) is 5.26 Å². The molecule has 1 fully saturated rings. The Morgan fingerprint density at radius 3 is 2.52 bits per heavy atom. The first kappa shape index (κ1) is 26.9. The summed E-state index contributed by atoms with van der Waals surface area (Å²) in [6.07, 6.45) is 1.71. The zero-order valence-corrected chi connectivity index (χ0v) is 22.7. The molecule has 1 aromatic carbocycles. The maximum Gasteiger partial charge on any atom is 0.243 e. The van der Waals surface area contributed by atoms with Crippen molar-refractivity contribution in [2.45, 2.75) is 24.7 Å². The number of hydrogen-bond donors (Lipinski definition) is 2. The highest BCUT2D eigenvalue weighted by atomic mass is 32.2. The molecule has 0 unspecified atom stereocenters. The number of nitriles is 1. The van der Waals surface area contributed by atoms with Gasteiger partial charge >= 0.3 is 0 Å². The molecule has 208 valence electrons. The van der Waals surface area contributed by atoms with E-state index in [4.69, 9.17) is 13.9 Å². The van der Waals surface area contributed by atoms with Crippen LogP contribution in [0.3, 0.4) is 0 Å². The molecule has 1 saturated heterocycles.